The zero-order chi connectivity index (χ0) is 33.0. The van der Waals surface area contributed by atoms with E-state index in [9.17, 15) is 0 Å². The van der Waals surface area contributed by atoms with Gasteiger partial charge in [0.15, 0.2) is 0 Å². The molecule has 0 aliphatic heterocycles. The molecule has 6 aromatic carbocycles. The van der Waals surface area contributed by atoms with E-state index in [1.54, 1.807) is 7.14 Å². The molecule has 0 saturated heterocycles. The van der Waals surface area contributed by atoms with Gasteiger partial charge in [0.2, 0.25) is 0 Å². The summed E-state index contributed by atoms with van der Waals surface area (Å²) in [7, 11) is 0. The number of unbranched alkanes of at least 4 members (excludes halogenated alkanes) is 1. The molecule has 0 nitrogen and oxygen atoms in total. The number of hydrogen-bond donors (Lipinski definition) is 0. The van der Waals surface area contributed by atoms with Gasteiger partial charge in [-0.05, 0) is 0 Å². The van der Waals surface area contributed by atoms with Crippen molar-refractivity contribution in [2.24, 2.45) is 0 Å². The van der Waals surface area contributed by atoms with Gasteiger partial charge in [0.05, 0.1) is 0 Å². The quantitative estimate of drug-likeness (QED) is 0.0417. The van der Waals surface area contributed by atoms with E-state index in [2.05, 4.69) is 195 Å². The van der Waals surface area contributed by atoms with E-state index in [0.29, 0.717) is 0 Å². The Bertz CT molecular complexity index is 1660. The van der Waals surface area contributed by atoms with Crippen LogP contribution in [-0.4, -0.2) is 8.86 Å². The van der Waals surface area contributed by atoms with Crippen LogP contribution in [0.3, 0.4) is 0 Å². The average molecular weight is 887 g/mol. The molecule has 0 unspecified atom stereocenters. The minimum absolute atomic E-state index is 0.468. The van der Waals surface area contributed by atoms with Gasteiger partial charge < -0.3 is 0 Å². The van der Waals surface area contributed by atoms with Gasteiger partial charge in [-0.25, -0.2) is 0 Å². The molecule has 6 rings (SSSR count). The zero-order valence-electron chi connectivity index (χ0n) is 27.2. The summed E-state index contributed by atoms with van der Waals surface area (Å²) in [5.74, 6) is 0. The molecular formula is C44H42I2P2. The first kappa shape index (κ1) is 35.0. The van der Waals surface area contributed by atoms with Gasteiger partial charge in [0.25, 0.3) is 0 Å². The Balaban J connectivity index is 1.36. The molecule has 0 heterocycles. The van der Waals surface area contributed by atoms with Gasteiger partial charge in [-0.2, -0.15) is 0 Å². The molecule has 0 radical (unpaired) electrons. The summed E-state index contributed by atoms with van der Waals surface area (Å²) in [6.45, 7) is 8.52. The summed E-state index contributed by atoms with van der Waals surface area (Å²) < 4.78 is 5.76. The molecule has 0 fully saturated rings. The molecule has 0 saturated carbocycles. The van der Waals surface area contributed by atoms with Crippen LogP contribution in [0.1, 0.15) is 24.0 Å². The van der Waals surface area contributed by atoms with Crippen LogP contribution in [-0.2, 0) is 0 Å². The van der Waals surface area contributed by atoms with E-state index in [4.69, 9.17) is 0 Å². The Kier molecular flexibility index (Phi) is 13.3. The fraction of sp³-hybridized carbons (Fsp3) is 0.0909. The zero-order valence-corrected chi connectivity index (χ0v) is 33.3. The molecule has 0 atom stereocenters. The summed E-state index contributed by atoms with van der Waals surface area (Å²) in [4.78, 5) is 0. The Labute approximate surface area is 303 Å². The van der Waals surface area contributed by atoms with E-state index in [0.717, 1.165) is 0 Å². The number of alkyl halides is 2. The van der Waals surface area contributed by atoms with Crippen molar-refractivity contribution in [3.63, 3.8) is 0 Å². The third-order valence-electron chi connectivity index (χ3n) is 7.94. The predicted molar refractivity (Wildman–Crippen MR) is 236 cm³/mol. The number of hydrogen-bond acceptors (Lipinski definition) is 0. The molecule has 0 N–H and O–H groups in total. The maximum atomic E-state index is 4.26. The minimum atomic E-state index is -1.76. The normalized spacial score (nSPS) is 11.7. The van der Waals surface area contributed by atoms with Crippen LogP contribution in [0.4, 0.5) is 0 Å². The predicted octanol–water partition coefficient (Wildman–Crippen LogP) is 11.9. The van der Waals surface area contributed by atoms with Crippen molar-refractivity contribution in [3.05, 3.63) is 201 Å². The van der Waals surface area contributed by atoms with E-state index in [1.807, 2.05) is 0 Å². The van der Waals surface area contributed by atoms with E-state index in [-0.39, 0.29) is 0 Å². The standard InChI is InChI=1S/C44H42I2P2/c1-3-37-23-17-19-33-43(37)45(47(39-25-9-5-10-26-39)40-27-11-6-12-28-40)35-21-22-36-46(44-34-20-18-24-38(44)4-2)48(41-29-13-7-14-30-41)42-31-15-8-16-32-42/h3-20,23-34H,1-2,21-22,35-36H2. The van der Waals surface area contributed by atoms with Gasteiger partial charge in [-0.3, -0.25) is 0 Å². The third-order valence-corrected chi connectivity index (χ3v) is 38.4. The fourth-order valence-electron chi connectivity index (χ4n) is 5.68. The molecule has 6 aromatic rings. The molecule has 0 amide bonds. The number of halogens is 2. The molecule has 0 bridgehead atoms. The summed E-state index contributed by atoms with van der Waals surface area (Å²) in [6.07, 6.45) is 6.69. The molecule has 0 aliphatic rings. The molecule has 48 heavy (non-hydrogen) atoms. The third kappa shape index (κ3) is 8.64. The summed E-state index contributed by atoms with van der Waals surface area (Å²) in [5.41, 5.74) is 1.72. The molecule has 242 valence electrons. The molecule has 4 heteroatoms. The van der Waals surface area contributed by atoms with Gasteiger partial charge >= 0.3 is 306 Å². The van der Waals surface area contributed by atoms with Crippen molar-refractivity contribution >= 4 is 83.0 Å². The van der Waals surface area contributed by atoms with Crippen molar-refractivity contribution in [1.29, 1.82) is 0 Å². The first-order valence-corrected chi connectivity index (χ1v) is 29.8. The fourth-order valence-corrected chi connectivity index (χ4v) is 38.4. The Morgan fingerprint density at radius 2 is 0.646 bits per heavy atom. The van der Waals surface area contributed by atoms with Crippen LogP contribution in [0.25, 0.3) is 12.2 Å². The first-order valence-electron chi connectivity index (χ1n) is 16.3. The van der Waals surface area contributed by atoms with Crippen LogP contribution < -0.4 is 21.2 Å². The van der Waals surface area contributed by atoms with Crippen LogP contribution in [0.15, 0.2) is 183 Å². The van der Waals surface area contributed by atoms with Crippen molar-refractivity contribution in [3.8, 4) is 0 Å². The Morgan fingerprint density at radius 1 is 0.375 bits per heavy atom. The first-order chi connectivity index (χ1) is 23.8. The topological polar surface area (TPSA) is 0 Å². The van der Waals surface area contributed by atoms with Crippen molar-refractivity contribution < 1.29 is 0 Å². The second-order valence-corrected chi connectivity index (χ2v) is 33.9. The van der Waals surface area contributed by atoms with Crippen molar-refractivity contribution in [2.75, 3.05) is 8.86 Å². The van der Waals surface area contributed by atoms with Crippen LogP contribution >= 0.6 is 49.7 Å². The second-order valence-electron chi connectivity index (χ2n) is 11.1. The van der Waals surface area contributed by atoms with Gasteiger partial charge in [-0.1, -0.05) is 0 Å². The van der Waals surface area contributed by atoms with E-state index >= 15 is 0 Å². The summed E-state index contributed by atoms with van der Waals surface area (Å²) >= 11 is -3.52. The maximum absolute atomic E-state index is 4.26. The Morgan fingerprint density at radius 3 is 0.938 bits per heavy atom. The monoisotopic (exact) mass is 886 g/mol. The molecule has 0 aromatic heterocycles. The summed E-state index contributed by atoms with van der Waals surface area (Å²) in [6, 6.07) is 63.7. The second kappa shape index (κ2) is 18.2. The average Bonchev–Trinajstić information content (AvgIpc) is 3.17. The Hall–Kier alpha value is -2.88. The van der Waals surface area contributed by atoms with Crippen LogP contribution in [0.5, 0.6) is 0 Å². The number of benzene rings is 6. The molecule has 0 spiro atoms. The van der Waals surface area contributed by atoms with Gasteiger partial charge in [0.1, 0.15) is 0 Å². The van der Waals surface area contributed by atoms with Crippen molar-refractivity contribution in [1.82, 2.24) is 0 Å². The molecule has 0 aliphatic carbocycles. The molecular weight excluding hydrogens is 844 g/mol. The van der Waals surface area contributed by atoms with Gasteiger partial charge in [0, 0.05) is 0 Å². The SMILES string of the molecule is C=Cc1ccccc1I(CCCCI(c1ccccc1C=C)P(c1ccccc1)c1ccccc1)P(c1ccccc1)c1ccccc1. The van der Waals surface area contributed by atoms with E-state index < -0.39 is 49.7 Å². The van der Waals surface area contributed by atoms with Gasteiger partial charge in [-0.15, -0.1) is 0 Å². The van der Waals surface area contributed by atoms with Crippen LogP contribution in [0.2, 0.25) is 0 Å². The number of rotatable bonds is 15. The van der Waals surface area contributed by atoms with E-state index in [1.165, 1.54) is 54.0 Å². The van der Waals surface area contributed by atoms with Crippen LogP contribution in [0, 0.1) is 7.14 Å². The van der Waals surface area contributed by atoms with Crippen molar-refractivity contribution in [2.45, 2.75) is 12.8 Å². The summed E-state index contributed by atoms with van der Waals surface area (Å²) in [5, 5.41) is 6.03.